The molecule has 0 saturated heterocycles. The molecule has 0 radical (unpaired) electrons. The Balaban J connectivity index is 2.47. The van der Waals surface area contributed by atoms with Gasteiger partial charge in [0.2, 0.25) is 0 Å². The first-order valence-corrected chi connectivity index (χ1v) is 8.87. The van der Waals surface area contributed by atoms with Gasteiger partial charge in [0.15, 0.2) is 0 Å². The van der Waals surface area contributed by atoms with Crippen LogP contribution in [0.5, 0.6) is 0 Å². The molecule has 3 nitrogen and oxygen atoms in total. The molecule has 0 spiro atoms. The Hall–Kier alpha value is -1.29. The molecule has 86 valence electrons. The number of hydrogen-bond donors (Lipinski definition) is 0. The fraction of sp³-hybridized carbons (Fsp3) is 0. The van der Waals surface area contributed by atoms with Gasteiger partial charge in [-0.25, -0.2) is 0 Å². The molecule has 0 bridgehead atoms. The molecule has 17 heavy (non-hydrogen) atoms. The van der Waals surface area contributed by atoms with Gasteiger partial charge in [-0.2, -0.15) is 0 Å². The van der Waals surface area contributed by atoms with Crippen molar-refractivity contribution in [2.45, 2.75) is 9.79 Å². The average molecular weight is 311 g/mol. The van der Waals surface area contributed by atoms with Crippen LogP contribution in [-0.2, 0) is 13.7 Å². The normalized spacial score (nSPS) is 17.2. The molecule has 0 unspecified atom stereocenters. The van der Waals surface area contributed by atoms with Crippen LogP contribution in [0, 0.1) is 0 Å². The zero-order valence-electron chi connectivity index (χ0n) is 8.66. The van der Waals surface area contributed by atoms with Crippen molar-refractivity contribution in [2.24, 2.45) is 0 Å². The van der Waals surface area contributed by atoms with Crippen LogP contribution in [-0.4, -0.2) is 22.3 Å². The van der Waals surface area contributed by atoms with E-state index in [1.807, 2.05) is 0 Å². The standard InChI is InChI=1S/C12H8O3SSe/c13-16(14)9-5-1-3-7-11(9)17(15)12-8-4-2-6-10(12)16/h1-8H. The third-order valence-corrected chi connectivity index (χ3v) is 8.30. The summed E-state index contributed by atoms with van der Waals surface area (Å²) in [7, 11) is -3.50. The molecule has 2 aromatic carbocycles. The molecule has 0 N–H and O–H groups in total. The van der Waals surface area contributed by atoms with Crippen molar-refractivity contribution in [3.63, 3.8) is 0 Å². The van der Waals surface area contributed by atoms with E-state index in [1.165, 1.54) is 12.1 Å². The topological polar surface area (TPSA) is 51.2 Å². The van der Waals surface area contributed by atoms with Crippen molar-refractivity contribution in [1.82, 2.24) is 0 Å². The summed E-state index contributed by atoms with van der Waals surface area (Å²) in [5.41, 5.74) is 0. The first kappa shape index (κ1) is 10.8. The Labute approximate surface area is 103 Å². The zero-order chi connectivity index (χ0) is 12.0. The maximum atomic E-state index is 12.3. The molecule has 0 fully saturated rings. The molecule has 1 aliphatic heterocycles. The Morgan fingerprint density at radius 2 is 1.18 bits per heavy atom. The minimum absolute atomic E-state index is 0.193. The molecular weight excluding hydrogens is 303 g/mol. The van der Waals surface area contributed by atoms with E-state index in [2.05, 4.69) is 0 Å². The number of rotatable bonds is 0. The number of fused-ring (bicyclic) bond motifs is 2. The summed E-state index contributed by atoms with van der Waals surface area (Å²) in [5, 5.41) is 0. The summed E-state index contributed by atoms with van der Waals surface area (Å²) in [5.74, 6) is 0. The summed E-state index contributed by atoms with van der Waals surface area (Å²) < 4.78 is 37.9. The van der Waals surface area contributed by atoms with Gasteiger partial charge in [-0.3, -0.25) is 0 Å². The molecule has 1 heterocycles. The van der Waals surface area contributed by atoms with Crippen molar-refractivity contribution >= 4 is 32.6 Å². The first-order chi connectivity index (χ1) is 8.12. The van der Waals surface area contributed by atoms with Crippen LogP contribution < -0.4 is 8.92 Å². The Morgan fingerprint density at radius 3 is 1.65 bits per heavy atom. The second kappa shape index (κ2) is 3.60. The SMILES string of the molecule is O=[Se]1c2ccccc2S(=O)(=O)c2ccccc21. The average Bonchev–Trinajstić information content (AvgIpc) is 2.37. The fourth-order valence-electron chi connectivity index (χ4n) is 1.89. The number of hydrogen-bond acceptors (Lipinski definition) is 3. The van der Waals surface area contributed by atoms with Gasteiger partial charge in [0, 0.05) is 0 Å². The summed E-state index contributed by atoms with van der Waals surface area (Å²) in [4.78, 5) is 0.386. The Bertz CT molecular complexity index is 679. The van der Waals surface area contributed by atoms with E-state index in [9.17, 15) is 12.3 Å². The van der Waals surface area contributed by atoms with Crippen molar-refractivity contribution in [1.29, 1.82) is 0 Å². The van der Waals surface area contributed by atoms with Gasteiger partial charge in [-0.05, 0) is 0 Å². The maximum absolute atomic E-state index is 12.3. The molecule has 5 heteroatoms. The second-order valence-corrected chi connectivity index (χ2v) is 8.53. The van der Waals surface area contributed by atoms with Crippen LogP contribution in [0.15, 0.2) is 58.3 Å². The molecule has 0 saturated carbocycles. The predicted molar refractivity (Wildman–Crippen MR) is 64.0 cm³/mol. The van der Waals surface area contributed by atoms with Gasteiger partial charge in [-0.1, -0.05) is 0 Å². The third kappa shape index (κ3) is 1.43. The number of sulfone groups is 1. The van der Waals surface area contributed by atoms with Crippen LogP contribution in [0.3, 0.4) is 0 Å². The molecule has 0 aliphatic carbocycles. The van der Waals surface area contributed by atoms with E-state index in [0.717, 1.165) is 0 Å². The van der Waals surface area contributed by atoms with E-state index >= 15 is 0 Å². The molecule has 0 amide bonds. The minimum atomic E-state index is -3.50. The Morgan fingerprint density at radius 1 is 0.765 bits per heavy atom. The van der Waals surface area contributed by atoms with Crippen LogP contribution in [0.25, 0.3) is 0 Å². The van der Waals surface area contributed by atoms with Crippen molar-refractivity contribution in [3.8, 4) is 0 Å². The molecule has 1 aliphatic rings. The van der Waals surface area contributed by atoms with Crippen molar-refractivity contribution in [3.05, 3.63) is 48.5 Å². The van der Waals surface area contributed by atoms with Gasteiger partial charge >= 0.3 is 103 Å². The molecule has 0 aromatic heterocycles. The van der Waals surface area contributed by atoms with Crippen LogP contribution in [0.1, 0.15) is 0 Å². The first-order valence-electron chi connectivity index (χ1n) is 4.97. The van der Waals surface area contributed by atoms with Crippen LogP contribution in [0.4, 0.5) is 0 Å². The van der Waals surface area contributed by atoms with E-state index in [4.69, 9.17) is 0 Å². The van der Waals surface area contributed by atoms with Gasteiger partial charge < -0.3 is 0 Å². The van der Waals surface area contributed by atoms with Crippen LogP contribution >= 0.6 is 0 Å². The van der Waals surface area contributed by atoms with E-state index < -0.39 is 23.7 Å². The predicted octanol–water partition coefficient (Wildman–Crippen LogP) is 0.369. The summed E-state index contributed by atoms with van der Waals surface area (Å²) in [6.45, 7) is 0. The van der Waals surface area contributed by atoms with Gasteiger partial charge in [0.25, 0.3) is 0 Å². The quantitative estimate of drug-likeness (QED) is 0.564. The number of benzene rings is 2. The van der Waals surface area contributed by atoms with Gasteiger partial charge in [0.1, 0.15) is 0 Å². The van der Waals surface area contributed by atoms with Crippen molar-refractivity contribution < 1.29 is 12.3 Å². The van der Waals surface area contributed by atoms with E-state index in [0.29, 0.717) is 8.92 Å². The van der Waals surface area contributed by atoms with Gasteiger partial charge in [0.05, 0.1) is 0 Å². The van der Waals surface area contributed by atoms with E-state index in [1.54, 1.807) is 36.4 Å². The monoisotopic (exact) mass is 312 g/mol. The zero-order valence-corrected chi connectivity index (χ0v) is 11.2. The van der Waals surface area contributed by atoms with E-state index in [-0.39, 0.29) is 9.79 Å². The van der Waals surface area contributed by atoms with Crippen molar-refractivity contribution in [2.75, 3.05) is 0 Å². The summed E-state index contributed by atoms with van der Waals surface area (Å²) in [6, 6.07) is 13.1. The summed E-state index contributed by atoms with van der Waals surface area (Å²) in [6.07, 6.45) is 0. The van der Waals surface area contributed by atoms with Crippen LogP contribution in [0.2, 0.25) is 0 Å². The summed E-state index contributed by atoms with van der Waals surface area (Å²) >= 11 is -2.45. The van der Waals surface area contributed by atoms with Gasteiger partial charge in [-0.15, -0.1) is 0 Å². The Kier molecular flexibility index (Phi) is 2.30. The molecule has 0 atom stereocenters. The molecular formula is C12H8O3SSe. The molecule has 3 rings (SSSR count). The third-order valence-electron chi connectivity index (χ3n) is 2.68. The molecule has 2 aromatic rings. The second-order valence-electron chi connectivity index (χ2n) is 3.67. The fourth-order valence-corrected chi connectivity index (χ4v) is 7.87.